The molecule has 174 valence electrons. The molecule has 0 spiro atoms. The number of benzene rings is 2. The molecule has 2 heterocycles. The largest absolute Gasteiger partial charge is 0.497 e. The monoisotopic (exact) mass is 466 g/mol. The average molecular weight is 467 g/mol. The molecular formula is C25H30N4O3S. The molecule has 1 fully saturated rings. The topological polar surface area (TPSA) is 69.8 Å². The van der Waals surface area contributed by atoms with Gasteiger partial charge in [-0.2, -0.15) is 0 Å². The highest BCUT2D eigenvalue weighted by atomic mass is 32.1. The van der Waals surface area contributed by atoms with Gasteiger partial charge in [-0.15, -0.1) is 0 Å². The molecule has 0 aliphatic carbocycles. The van der Waals surface area contributed by atoms with Crippen molar-refractivity contribution in [2.24, 2.45) is 0 Å². The van der Waals surface area contributed by atoms with Crippen molar-refractivity contribution >= 4 is 28.2 Å². The van der Waals surface area contributed by atoms with Crippen molar-refractivity contribution in [3.8, 4) is 5.75 Å². The molecule has 4 rings (SSSR count). The van der Waals surface area contributed by atoms with E-state index >= 15 is 0 Å². The van der Waals surface area contributed by atoms with E-state index in [1.807, 2.05) is 42.5 Å². The fourth-order valence-corrected chi connectivity index (χ4v) is 4.13. The van der Waals surface area contributed by atoms with Crippen LogP contribution in [0.4, 0.5) is 0 Å². The van der Waals surface area contributed by atoms with Gasteiger partial charge in [-0.05, 0) is 41.4 Å². The molecular weight excluding hydrogens is 436 g/mol. The minimum atomic E-state index is -0.113. The lowest BCUT2D eigenvalue weighted by molar-refractivity contribution is 0.0357. The van der Waals surface area contributed by atoms with Crippen molar-refractivity contribution in [1.29, 1.82) is 0 Å². The second kappa shape index (κ2) is 11.3. The van der Waals surface area contributed by atoms with Crippen LogP contribution in [0.5, 0.6) is 5.75 Å². The molecule has 2 aromatic carbocycles. The smallest absolute Gasteiger partial charge is 0.253 e. The van der Waals surface area contributed by atoms with Crippen LogP contribution in [0.2, 0.25) is 0 Å². The van der Waals surface area contributed by atoms with Crippen LogP contribution in [0.3, 0.4) is 0 Å². The van der Waals surface area contributed by atoms with E-state index in [-0.39, 0.29) is 5.56 Å². The number of H-pyrrole nitrogens is 1. The van der Waals surface area contributed by atoms with Crippen LogP contribution in [0, 0.1) is 0 Å². The van der Waals surface area contributed by atoms with E-state index in [4.69, 9.17) is 21.7 Å². The van der Waals surface area contributed by atoms with Gasteiger partial charge in [0.05, 0.1) is 32.4 Å². The molecule has 8 heteroatoms. The Morgan fingerprint density at radius 1 is 1.18 bits per heavy atom. The van der Waals surface area contributed by atoms with Gasteiger partial charge in [0.1, 0.15) is 5.75 Å². The quantitative estimate of drug-likeness (QED) is 0.495. The van der Waals surface area contributed by atoms with Gasteiger partial charge in [-0.3, -0.25) is 9.69 Å². The molecule has 1 saturated heterocycles. The van der Waals surface area contributed by atoms with Crippen LogP contribution in [0.25, 0.3) is 10.9 Å². The molecule has 1 aliphatic rings. The van der Waals surface area contributed by atoms with E-state index in [9.17, 15) is 4.79 Å². The number of rotatable bonds is 8. The highest BCUT2D eigenvalue weighted by Gasteiger charge is 2.17. The fraction of sp³-hybridized carbons (Fsp3) is 0.360. The summed E-state index contributed by atoms with van der Waals surface area (Å²) in [4.78, 5) is 20.3. The van der Waals surface area contributed by atoms with Crippen LogP contribution < -0.4 is 15.6 Å². The fourth-order valence-electron chi connectivity index (χ4n) is 3.90. The number of nitrogens with one attached hydrogen (secondary N) is 2. The Hall–Kier alpha value is -2.94. The molecule has 1 aliphatic heterocycles. The molecule has 0 bridgehead atoms. The lowest BCUT2D eigenvalue weighted by Crippen LogP contribution is -2.46. The first kappa shape index (κ1) is 23.2. The number of thiocarbonyl (C=S) groups is 1. The Kier molecular flexibility index (Phi) is 7.93. The van der Waals surface area contributed by atoms with E-state index < -0.39 is 0 Å². The zero-order valence-corrected chi connectivity index (χ0v) is 19.7. The lowest BCUT2D eigenvalue weighted by Gasteiger charge is -2.31. The molecule has 2 N–H and O–H groups in total. The van der Waals surface area contributed by atoms with E-state index in [0.717, 1.165) is 55.9 Å². The number of methoxy groups -OCH3 is 1. The normalized spacial score (nSPS) is 14.2. The number of fused-ring (bicyclic) bond motifs is 1. The van der Waals surface area contributed by atoms with Gasteiger partial charge in [-0.1, -0.05) is 30.3 Å². The van der Waals surface area contributed by atoms with Crippen LogP contribution in [-0.4, -0.2) is 66.4 Å². The van der Waals surface area contributed by atoms with Crippen molar-refractivity contribution in [3.05, 3.63) is 76.1 Å². The van der Waals surface area contributed by atoms with Gasteiger partial charge in [0.2, 0.25) is 0 Å². The molecule has 1 aromatic heterocycles. The SMILES string of the molecule is COc1ccc2cc(CN(CCN3CCOCC3)C(=S)NCc3ccccc3)c(=O)[nH]c2c1. The Morgan fingerprint density at radius 2 is 1.97 bits per heavy atom. The number of ether oxygens (including phenoxy) is 2. The van der Waals surface area contributed by atoms with Gasteiger partial charge in [0.15, 0.2) is 5.11 Å². The first-order valence-corrected chi connectivity index (χ1v) is 11.6. The summed E-state index contributed by atoms with van der Waals surface area (Å²) in [5.74, 6) is 0.712. The van der Waals surface area contributed by atoms with Gasteiger partial charge in [0, 0.05) is 44.4 Å². The second-order valence-electron chi connectivity index (χ2n) is 8.10. The highest BCUT2D eigenvalue weighted by molar-refractivity contribution is 7.80. The van der Waals surface area contributed by atoms with Crippen molar-refractivity contribution in [1.82, 2.24) is 20.1 Å². The minimum absolute atomic E-state index is 0.113. The lowest BCUT2D eigenvalue weighted by atomic mass is 10.1. The molecule has 7 nitrogen and oxygen atoms in total. The van der Waals surface area contributed by atoms with Gasteiger partial charge in [-0.25, -0.2) is 0 Å². The summed E-state index contributed by atoms with van der Waals surface area (Å²) in [6.45, 7) is 5.99. The molecule has 0 atom stereocenters. The number of morpholine rings is 1. The summed E-state index contributed by atoms with van der Waals surface area (Å²) in [5.41, 5.74) is 2.48. The first-order valence-electron chi connectivity index (χ1n) is 11.2. The Morgan fingerprint density at radius 3 is 2.73 bits per heavy atom. The zero-order chi connectivity index (χ0) is 23.0. The summed E-state index contributed by atoms with van der Waals surface area (Å²) >= 11 is 5.76. The number of hydrogen-bond acceptors (Lipinski definition) is 5. The van der Waals surface area contributed by atoms with Crippen LogP contribution >= 0.6 is 12.2 Å². The van der Waals surface area contributed by atoms with Crippen molar-refractivity contribution in [2.75, 3.05) is 46.5 Å². The van der Waals surface area contributed by atoms with Crippen LogP contribution in [0.1, 0.15) is 11.1 Å². The van der Waals surface area contributed by atoms with Crippen molar-refractivity contribution in [3.63, 3.8) is 0 Å². The predicted octanol–water partition coefficient (Wildman–Crippen LogP) is 2.75. The van der Waals surface area contributed by atoms with Crippen molar-refractivity contribution in [2.45, 2.75) is 13.1 Å². The maximum absolute atomic E-state index is 12.9. The Balaban J connectivity index is 1.50. The summed E-state index contributed by atoms with van der Waals surface area (Å²) in [7, 11) is 1.61. The maximum atomic E-state index is 12.9. The Labute approximate surface area is 199 Å². The molecule has 0 radical (unpaired) electrons. The Bertz CT molecular complexity index is 1130. The number of aromatic amines is 1. The van der Waals surface area contributed by atoms with Crippen LogP contribution in [0.15, 0.2) is 59.4 Å². The van der Waals surface area contributed by atoms with E-state index in [0.29, 0.717) is 29.5 Å². The summed E-state index contributed by atoms with van der Waals surface area (Å²) in [5, 5.41) is 4.96. The second-order valence-corrected chi connectivity index (χ2v) is 8.48. The number of aromatic nitrogens is 1. The standard InChI is InChI=1S/C25H30N4O3S/c1-31-22-8-7-20-15-21(24(30)27-23(20)16-22)18-29(10-9-28-11-13-32-14-12-28)25(33)26-17-19-5-3-2-4-6-19/h2-8,15-16H,9-14,17-18H2,1H3,(H,26,33)(H,27,30). The third-order valence-electron chi connectivity index (χ3n) is 5.85. The summed E-state index contributed by atoms with van der Waals surface area (Å²) in [6.07, 6.45) is 0. The highest BCUT2D eigenvalue weighted by Crippen LogP contribution is 2.19. The molecule has 0 unspecified atom stereocenters. The summed E-state index contributed by atoms with van der Waals surface area (Å²) in [6, 6.07) is 17.8. The third-order valence-corrected chi connectivity index (χ3v) is 6.26. The molecule has 0 amide bonds. The average Bonchev–Trinajstić information content (AvgIpc) is 2.86. The van der Waals surface area contributed by atoms with E-state index in [1.54, 1.807) is 7.11 Å². The summed E-state index contributed by atoms with van der Waals surface area (Å²) < 4.78 is 10.7. The number of hydrogen-bond donors (Lipinski definition) is 2. The van der Waals surface area contributed by atoms with Crippen LogP contribution in [-0.2, 0) is 17.8 Å². The van der Waals surface area contributed by atoms with Gasteiger partial charge < -0.3 is 24.7 Å². The van der Waals surface area contributed by atoms with Gasteiger partial charge in [0.25, 0.3) is 5.56 Å². The van der Waals surface area contributed by atoms with E-state index in [1.165, 1.54) is 0 Å². The number of nitrogens with zero attached hydrogens (tertiary/aromatic N) is 2. The third kappa shape index (κ3) is 6.31. The predicted molar refractivity (Wildman–Crippen MR) is 135 cm³/mol. The molecule has 3 aromatic rings. The first-order chi connectivity index (χ1) is 16.1. The molecule has 0 saturated carbocycles. The minimum Gasteiger partial charge on any atom is -0.497 e. The van der Waals surface area contributed by atoms with Crippen molar-refractivity contribution < 1.29 is 9.47 Å². The van der Waals surface area contributed by atoms with E-state index in [2.05, 4.69) is 32.2 Å². The maximum Gasteiger partial charge on any atom is 0.253 e. The molecule has 33 heavy (non-hydrogen) atoms. The van der Waals surface area contributed by atoms with Gasteiger partial charge >= 0.3 is 0 Å². The number of pyridine rings is 1. The zero-order valence-electron chi connectivity index (χ0n) is 18.9.